The molecule has 4 atom stereocenters. The number of imidazole rings is 1. The van der Waals surface area contributed by atoms with Gasteiger partial charge in [-0.3, -0.25) is 19.1 Å². The molecule has 4 rings (SSSR count). The zero-order valence-corrected chi connectivity index (χ0v) is 16.3. The van der Waals surface area contributed by atoms with Crippen molar-refractivity contribution < 1.29 is 19.0 Å². The van der Waals surface area contributed by atoms with E-state index in [1.54, 1.807) is 38.0 Å². The minimum absolute atomic E-state index is 0.163. The molecule has 0 aliphatic carbocycles. The number of rotatable bonds is 4. The molecule has 11 nitrogen and oxygen atoms in total. The fourth-order valence-electron chi connectivity index (χ4n) is 3.73. The molecule has 29 heavy (non-hydrogen) atoms. The maximum Gasteiger partial charge on any atom is 0.328 e. The third kappa shape index (κ3) is 3.88. The maximum atomic E-state index is 12.3. The number of hydrogen-bond acceptors (Lipinski definition) is 7. The normalized spacial score (nSPS) is 28.1. The quantitative estimate of drug-likeness (QED) is 0.678. The van der Waals surface area contributed by atoms with Crippen LogP contribution in [0.2, 0.25) is 0 Å². The number of aryl methyl sites for hydroxylation is 1. The van der Waals surface area contributed by atoms with Gasteiger partial charge in [0.15, 0.2) is 5.79 Å². The zero-order chi connectivity index (χ0) is 20.8. The van der Waals surface area contributed by atoms with E-state index in [2.05, 4.69) is 15.3 Å². The van der Waals surface area contributed by atoms with E-state index in [0.717, 1.165) is 0 Å². The number of nitrogens with zero attached hydrogens (tertiary/aromatic N) is 3. The van der Waals surface area contributed by atoms with Crippen LogP contribution in [0.15, 0.2) is 34.4 Å². The van der Waals surface area contributed by atoms with Crippen LogP contribution in [-0.4, -0.2) is 62.3 Å². The molecule has 2 fully saturated rings. The summed E-state index contributed by atoms with van der Waals surface area (Å²) in [5, 5.41) is 2.80. The largest absolute Gasteiger partial charge is 0.371 e. The molecule has 0 spiro atoms. The maximum absolute atomic E-state index is 12.3. The van der Waals surface area contributed by atoms with Gasteiger partial charge in [0.1, 0.15) is 24.0 Å². The Morgan fingerprint density at radius 2 is 2.10 bits per heavy atom. The highest BCUT2D eigenvalue weighted by atomic mass is 16.8. The van der Waals surface area contributed by atoms with E-state index < -0.39 is 41.4 Å². The molecule has 2 aliphatic heterocycles. The van der Waals surface area contributed by atoms with Gasteiger partial charge >= 0.3 is 5.69 Å². The lowest BCUT2D eigenvalue weighted by Gasteiger charge is -2.37. The van der Waals surface area contributed by atoms with E-state index in [1.165, 1.54) is 16.8 Å². The van der Waals surface area contributed by atoms with Crippen LogP contribution in [0, 0.1) is 0 Å². The lowest BCUT2D eigenvalue weighted by atomic mass is 9.97. The summed E-state index contributed by atoms with van der Waals surface area (Å²) in [5.41, 5.74) is -0.708. The van der Waals surface area contributed by atoms with Gasteiger partial charge in [0.25, 0.3) is 11.5 Å². The summed E-state index contributed by atoms with van der Waals surface area (Å²) in [4.78, 5) is 42.2. The summed E-state index contributed by atoms with van der Waals surface area (Å²) in [5.74, 6) is -1.20. The van der Waals surface area contributed by atoms with Crippen molar-refractivity contribution in [3.05, 3.63) is 51.3 Å². The Labute approximate surface area is 165 Å². The molecular weight excluding hydrogens is 382 g/mol. The van der Waals surface area contributed by atoms with E-state index in [9.17, 15) is 14.4 Å². The second-order valence-electron chi connectivity index (χ2n) is 7.66. The van der Waals surface area contributed by atoms with Gasteiger partial charge in [-0.1, -0.05) is 0 Å². The molecule has 156 valence electrons. The van der Waals surface area contributed by atoms with Crippen molar-refractivity contribution in [2.45, 2.75) is 44.0 Å². The number of ether oxygens (including phenoxy) is 3. The summed E-state index contributed by atoms with van der Waals surface area (Å²) in [6.07, 6.45) is 3.13. The molecule has 0 unspecified atom stereocenters. The topological polar surface area (TPSA) is 129 Å². The smallest absolute Gasteiger partial charge is 0.328 e. The summed E-state index contributed by atoms with van der Waals surface area (Å²) in [6.45, 7) is 3.92. The molecule has 2 aliphatic rings. The van der Waals surface area contributed by atoms with Crippen LogP contribution in [0.25, 0.3) is 0 Å². The standard InChI is InChI=1S/C18H23N5O6/c1-18(2)28-14-11(23-5-4-13(24)21-17(23)26)8-27-12(15(14)29-18)6-19-16(25)10-7-22(3)9-20-10/h4-5,7,9,11-12,14-15H,6,8H2,1-3H3,(H,19,25)(H,21,24,26)/t11-,12-,14+,15-/m1/s1. The van der Waals surface area contributed by atoms with Crippen LogP contribution < -0.4 is 16.6 Å². The SMILES string of the molecule is Cn1cnc(C(=O)NC[C@H]2OC[C@@H](n3ccc(=O)[nH]c3=O)[C@@H]3OC(C)(C)O[C@@H]32)c1. The van der Waals surface area contributed by atoms with Crippen molar-refractivity contribution >= 4 is 5.91 Å². The van der Waals surface area contributed by atoms with E-state index in [0.29, 0.717) is 5.69 Å². The average molecular weight is 405 g/mol. The first-order valence-electron chi connectivity index (χ1n) is 9.28. The van der Waals surface area contributed by atoms with Gasteiger partial charge in [-0.15, -0.1) is 0 Å². The molecule has 0 saturated carbocycles. The van der Waals surface area contributed by atoms with E-state index in [1.807, 2.05) is 0 Å². The lowest BCUT2D eigenvalue weighted by molar-refractivity contribution is -0.153. The Kier molecular flexibility index (Phi) is 4.89. The predicted molar refractivity (Wildman–Crippen MR) is 99.5 cm³/mol. The number of aromatic nitrogens is 4. The first-order valence-corrected chi connectivity index (χ1v) is 9.28. The lowest BCUT2D eigenvalue weighted by Crippen LogP contribution is -2.54. The number of carbonyl (C=O) groups is 1. The second-order valence-corrected chi connectivity index (χ2v) is 7.66. The van der Waals surface area contributed by atoms with E-state index >= 15 is 0 Å². The Morgan fingerprint density at radius 3 is 2.79 bits per heavy atom. The predicted octanol–water partition coefficient (Wildman–Crippen LogP) is -0.840. The van der Waals surface area contributed by atoms with Gasteiger partial charge in [0, 0.05) is 32.1 Å². The van der Waals surface area contributed by atoms with Crippen molar-refractivity contribution in [3.63, 3.8) is 0 Å². The van der Waals surface area contributed by atoms with Crippen molar-refractivity contribution in [1.29, 1.82) is 0 Å². The van der Waals surface area contributed by atoms with Crippen LogP contribution >= 0.6 is 0 Å². The molecular formula is C18H23N5O6. The minimum atomic E-state index is -0.879. The zero-order valence-electron chi connectivity index (χ0n) is 16.3. The second kappa shape index (κ2) is 7.25. The number of carbonyl (C=O) groups excluding carboxylic acids is 1. The van der Waals surface area contributed by atoms with Gasteiger partial charge in [0.05, 0.1) is 19.0 Å². The van der Waals surface area contributed by atoms with Gasteiger partial charge < -0.3 is 24.1 Å². The number of hydrogen-bond donors (Lipinski definition) is 2. The van der Waals surface area contributed by atoms with Crippen LogP contribution in [-0.2, 0) is 21.3 Å². The Morgan fingerprint density at radius 1 is 1.34 bits per heavy atom. The summed E-state index contributed by atoms with van der Waals surface area (Å²) in [6, 6.07) is 0.796. The molecule has 11 heteroatoms. The van der Waals surface area contributed by atoms with Crippen molar-refractivity contribution in [3.8, 4) is 0 Å². The highest BCUT2D eigenvalue weighted by Crippen LogP contribution is 2.39. The van der Waals surface area contributed by atoms with Gasteiger partial charge in [-0.05, 0) is 13.8 Å². The first kappa shape index (κ1) is 19.6. The molecule has 0 bridgehead atoms. The minimum Gasteiger partial charge on any atom is -0.371 e. The fraction of sp³-hybridized carbons (Fsp3) is 0.556. The molecule has 2 aromatic rings. The molecule has 2 saturated heterocycles. The molecule has 0 aromatic carbocycles. The van der Waals surface area contributed by atoms with Crippen LogP contribution in [0.1, 0.15) is 30.4 Å². The molecule has 4 heterocycles. The summed E-state index contributed by atoms with van der Waals surface area (Å²) in [7, 11) is 1.78. The third-order valence-electron chi connectivity index (χ3n) is 5.00. The Balaban J connectivity index is 1.51. The van der Waals surface area contributed by atoms with Crippen molar-refractivity contribution in [2.24, 2.45) is 7.05 Å². The fourth-order valence-corrected chi connectivity index (χ4v) is 3.73. The Hall–Kier alpha value is -2.76. The number of aromatic amines is 1. The monoisotopic (exact) mass is 405 g/mol. The Bertz CT molecular complexity index is 1020. The van der Waals surface area contributed by atoms with E-state index in [-0.39, 0.29) is 19.1 Å². The molecule has 2 aromatic heterocycles. The van der Waals surface area contributed by atoms with E-state index in [4.69, 9.17) is 14.2 Å². The molecule has 2 N–H and O–H groups in total. The van der Waals surface area contributed by atoms with Crippen LogP contribution in [0.5, 0.6) is 0 Å². The summed E-state index contributed by atoms with van der Waals surface area (Å²) >= 11 is 0. The van der Waals surface area contributed by atoms with Crippen LogP contribution in [0.4, 0.5) is 0 Å². The molecule has 1 amide bonds. The number of nitrogens with one attached hydrogen (secondary N) is 2. The van der Waals surface area contributed by atoms with Gasteiger partial charge in [-0.25, -0.2) is 9.78 Å². The van der Waals surface area contributed by atoms with Crippen molar-refractivity contribution in [2.75, 3.05) is 13.2 Å². The van der Waals surface area contributed by atoms with Crippen molar-refractivity contribution in [1.82, 2.24) is 24.4 Å². The average Bonchev–Trinajstić information content (AvgIpc) is 3.22. The molecule has 0 radical (unpaired) electrons. The van der Waals surface area contributed by atoms with Gasteiger partial charge in [-0.2, -0.15) is 0 Å². The number of H-pyrrole nitrogens is 1. The number of fused-ring (bicyclic) bond motifs is 1. The van der Waals surface area contributed by atoms with Crippen LogP contribution in [0.3, 0.4) is 0 Å². The van der Waals surface area contributed by atoms with Gasteiger partial charge in [0.2, 0.25) is 0 Å². The number of amides is 1. The highest BCUT2D eigenvalue weighted by Gasteiger charge is 2.52. The highest BCUT2D eigenvalue weighted by molar-refractivity contribution is 5.92. The first-order chi connectivity index (χ1) is 13.7. The summed E-state index contributed by atoms with van der Waals surface area (Å²) < 4.78 is 21.1. The third-order valence-corrected chi connectivity index (χ3v) is 5.00.